The second-order valence-electron chi connectivity index (χ2n) is 13.3. The van der Waals surface area contributed by atoms with Gasteiger partial charge in [0.1, 0.15) is 31.5 Å². The summed E-state index contributed by atoms with van der Waals surface area (Å²) in [7, 11) is 2.32. The van der Waals surface area contributed by atoms with Crippen molar-refractivity contribution < 1.29 is 19.1 Å². The van der Waals surface area contributed by atoms with E-state index in [4.69, 9.17) is 9.47 Å². The smallest absolute Gasteiger partial charge is 0.126 e. The average molecular weight is 511 g/mol. The van der Waals surface area contributed by atoms with Gasteiger partial charge in [0, 0.05) is 5.56 Å². The number of aliphatic hydroxyl groups excluding tert-OH is 1. The van der Waals surface area contributed by atoms with Crippen LogP contribution < -0.4 is 4.74 Å². The first-order valence-corrected chi connectivity index (χ1v) is 14.3. The van der Waals surface area contributed by atoms with E-state index >= 15 is 0 Å². The zero-order valence-corrected chi connectivity index (χ0v) is 24.3. The molecule has 2 aromatic rings. The van der Waals surface area contributed by atoms with Gasteiger partial charge in [-0.3, -0.25) is 0 Å². The molecule has 1 fully saturated rings. The van der Waals surface area contributed by atoms with Crippen LogP contribution in [0.5, 0.6) is 5.75 Å². The van der Waals surface area contributed by atoms with E-state index in [2.05, 4.69) is 96.3 Å². The lowest BCUT2D eigenvalue weighted by Crippen LogP contribution is -2.56. The average Bonchev–Trinajstić information content (AvgIpc) is 2.84. The van der Waals surface area contributed by atoms with Gasteiger partial charge < -0.3 is 19.1 Å². The molecule has 37 heavy (non-hydrogen) atoms. The number of ether oxygens (including phenoxy) is 2. The van der Waals surface area contributed by atoms with Gasteiger partial charge in [-0.2, -0.15) is 0 Å². The van der Waals surface area contributed by atoms with Gasteiger partial charge in [0.15, 0.2) is 0 Å². The Balaban J connectivity index is 1.44. The van der Waals surface area contributed by atoms with Crippen molar-refractivity contribution in [3.8, 4) is 5.75 Å². The van der Waals surface area contributed by atoms with E-state index in [1.165, 1.54) is 43.2 Å². The first-order valence-electron chi connectivity index (χ1n) is 14.3. The Morgan fingerprint density at radius 3 is 2.16 bits per heavy atom. The molecule has 0 spiro atoms. The summed E-state index contributed by atoms with van der Waals surface area (Å²) in [6.07, 6.45) is 7.07. The molecule has 1 N–H and O–H groups in total. The lowest BCUT2D eigenvalue weighted by molar-refractivity contribution is -0.950. The fraction of sp³-hybridized carbons (Fsp3) is 0.636. The van der Waals surface area contributed by atoms with Crippen molar-refractivity contribution in [3.63, 3.8) is 0 Å². The van der Waals surface area contributed by atoms with Crippen molar-refractivity contribution in [1.82, 2.24) is 0 Å². The molecule has 2 atom stereocenters. The summed E-state index contributed by atoms with van der Waals surface area (Å²) >= 11 is 0. The van der Waals surface area contributed by atoms with E-state index in [0.29, 0.717) is 32.4 Å². The van der Waals surface area contributed by atoms with Gasteiger partial charge in [-0.05, 0) is 60.6 Å². The standard InChI is InChI=1S/C33H52NO3/c1-32(2,3)26-33(4,5)28-17-19-31(20-18-28)37-22-21-36-25-30(35)24-34(6,29-15-11-8-12-16-29)23-27-13-9-7-10-14-27/h7,9-10,13-14,17-20,29-30,35H,8,11-12,15-16,21-26H2,1-6H3/q+1. The number of nitrogens with zero attached hydrogens (tertiary/aromatic N) is 1. The number of hydrogen-bond acceptors (Lipinski definition) is 3. The van der Waals surface area contributed by atoms with Crippen LogP contribution in [0.2, 0.25) is 0 Å². The predicted octanol–water partition coefficient (Wildman–Crippen LogP) is 7.14. The van der Waals surface area contributed by atoms with Crippen molar-refractivity contribution in [2.24, 2.45) is 5.41 Å². The van der Waals surface area contributed by atoms with E-state index in [-0.39, 0.29) is 10.8 Å². The van der Waals surface area contributed by atoms with Crippen LogP contribution in [0.25, 0.3) is 0 Å². The first kappa shape index (κ1) is 29.7. The molecule has 1 aliphatic rings. The van der Waals surface area contributed by atoms with Crippen molar-refractivity contribution in [2.45, 2.75) is 97.2 Å². The van der Waals surface area contributed by atoms with E-state index in [0.717, 1.165) is 23.2 Å². The maximum absolute atomic E-state index is 10.9. The lowest BCUT2D eigenvalue weighted by Gasteiger charge is -2.44. The van der Waals surface area contributed by atoms with Crippen molar-refractivity contribution in [2.75, 3.05) is 33.4 Å². The molecule has 0 aliphatic heterocycles. The van der Waals surface area contributed by atoms with Crippen LogP contribution in [-0.4, -0.2) is 55.1 Å². The number of quaternary nitrogens is 1. The van der Waals surface area contributed by atoms with Crippen LogP contribution >= 0.6 is 0 Å². The van der Waals surface area contributed by atoms with Crippen LogP contribution in [0, 0.1) is 5.41 Å². The van der Waals surface area contributed by atoms with Gasteiger partial charge in [-0.25, -0.2) is 0 Å². The molecule has 0 bridgehead atoms. The molecule has 0 heterocycles. The monoisotopic (exact) mass is 510 g/mol. The first-order chi connectivity index (χ1) is 17.5. The van der Waals surface area contributed by atoms with Gasteiger partial charge in [-0.1, -0.05) is 83.5 Å². The molecule has 4 heteroatoms. The summed E-state index contributed by atoms with van der Waals surface area (Å²) in [5, 5.41) is 10.9. The minimum atomic E-state index is -0.486. The maximum atomic E-state index is 10.9. The SMILES string of the molecule is CC(C)(C)CC(C)(C)c1ccc(OCCOCC(O)C[N+](C)(Cc2ccccc2)C2CCCCC2)cc1. The predicted molar refractivity (Wildman–Crippen MR) is 154 cm³/mol. The minimum Gasteiger partial charge on any atom is -0.491 e. The summed E-state index contributed by atoms with van der Waals surface area (Å²) < 4.78 is 12.6. The van der Waals surface area contributed by atoms with E-state index in [9.17, 15) is 5.11 Å². The fourth-order valence-electron chi connectivity index (χ4n) is 6.45. The maximum Gasteiger partial charge on any atom is 0.126 e. The Bertz CT molecular complexity index is 913. The summed E-state index contributed by atoms with van der Waals surface area (Å²) in [5.74, 6) is 0.865. The van der Waals surface area contributed by atoms with Crippen LogP contribution in [0.3, 0.4) is 0 Å². The molecule has 206 valence electrons. The molecule has 0 aromatic heterocycles. The molecular weight excluding hydrogens is 458 g/mol. The van der Waals surface area contributed by atoms with Crippen molar-refractivity contribution >= 4 is 0 Å². The third-order valence-electron chi connectivity index (χ3n) is 7.89. The third-order valence-corrected chi connectivity index (χ3v) is 7.89. The Labute approximate surface area is 226 Å². The van der Waals surface area contributed by atoms with E-state index < -0.39 is 6.10 Å². The van der Waals surface area contributed by atoms with E-state index in [1.54, 1.807) is 0 Å². The van der Waals surface area contributed by atoms with E-state index in [1.807, 2.05) is 0 Å². The molecule has 0 amide bonds. The molecule has 0 saturated heterocycles. The molecule has 2 unspecified atom stereocenters. The van der Waals surface area contributed by atoms with Crippen LogP contribution in [0.15, 0.2) is 54.6 Å². The molecule has 4 nitrogen and oxygen atoms in total. The zero-order valence-electron chi connectivity index (χ0n) is 24.3. The number of aliphatic hydroxyl groups is 1. The van der Waals surface area contributed by atoms with Crippen LogP contribution in [-0.2, 0) is 16.7 Å². The Kier molecular flexibility index (Phi) is 10.6. The third kappa shape index (κ3) is 9.74. The van der Waals surface area contributed by atoms with Crippen LogP contribution in [0.1, 0.15) is 84.3 Å². The highest BCUT2D eigenvalue weighted by molar-refractivity contribution is 5.31. The molecule has 2 aromatic carbocycles. The molecule has 3 rings (SSSR count). The van der Waals surface area contributed by atoms with Gasteiger partial charge >= 0.3 is 0 Å². The summed E-state index contributed by atoms with van der Waals surface area (Å²) in [6, 6.07) is 19.8. The Morgan fingerprint density at radius 2 is 1.54 bits per heavy atom. The number of benzene rings is 2. The fourth-order valence-corrected chi connectivity index (χ4v) is 6.45. The summed E-state index contributed by atoms with van der Waals surface area (Å²) in [6.45, 7) is 14.5. The van der Waals surface area contributed by atoms with Crippen LogP contribution in [0.4, 0.5) is 0 Å². The normalized spacial score (nSPS) is 17.8. The molecule has 0 radical (unpaired) electrons. The number of hydrogen-bond donors (Lipinski definition) is 1. The highest BCUT2D eigenvalue weighted by Gasteiger charge is 2.36. The molecule has 1 saturated carbocycles. The van der Waals surface area contributed by atoms with Gasteiger partial charge in [0.05, 0.1) is 26.3 Å². The summed E-state index contributed by atoms with van der Waals surface area (Å²) in [5.41, 5.74) is 3.09. The lowest BCUT2D eigenvalue weighted by atomic mass is 9.72. The van der Waals surface area contributed by atoms with Gasteiger partial charge in [0.25, 0.3) is 0 Å². The minimum absolute atomic E-state index is 0.126. The second-order valence-corrected chi connectivity index (χ2v) is 13.3. The zero-order chi connectivity index (χ0) is 26.9. The second kappa shape index (κ2) is 13.3. The Hall–Kier alpha value is -1.88. The quantitative estimate of drug-likeness (QED) is 0.230. The Morgan fingerprint density at radius 1 is 0.892 bits per heavy atom. The number of rotatable bonds is 13. The molecular formula is C33H52NO3+. The highest BCUT2D eigenvalue weighted by atomic mass is 16.5. The topological polar surface area (TPSA) is 38.7 Å². The summed E-state index contributed by atoms with van der Waals surface area (Å²) in [4.78, 5) is 0. The van der Waals surface area contributed by atoms with Gasteiger partial charge in [0.2, 0.25) is 0 Å². The molecule has 1 aliphatic carbocycles. The highest BCUT2D eigenvalue weighted by Crippen LogP contribution is 2.36. The van der Waals surface area contributed by atoms with Crippen molar-refractivity contribution in [1.29, 1.82) is 0 Å². The van der Waals surface area contributed by atoms with Gasteiger partial charge in [-0.15, -0.1) is 0 Å². The largest absolute Gasteiger partial charge is 0.491 e. The van der Waals surface area contributed by atoms with Crippen molar-refractivity contribution in [3.05, 3.63) is 65.7 Å². The number of likely N-dealkylation sites (N-methyl/N-ethyl adjacent to an activating group) is 1.